The highest BCUT2D eigenvalue weighted by molar-refractivity contribution is 7.09. The SMILES string of the molecule is CCOc1cccn2c(C(=O)NCCc3scnc3C)c(C)nc12. The number of thiazole rings is 1. The molecule has 0 bridgehead atoms. The maximum absolute atomic E-state index is 12.6. The van der Waals surface area contributed by atoms with Gasteiger partial charge in [-0.2, -0.15) is 0 Å². The fourth-order valence-corrected chi connectivity index (χ4v) is 3.42. The molecule has 0 radical (unpaired) electrons. The molecule has 0 aromatic carbocycles. The lowest BCUT2D eigenvalue weighted by atomic mass is 10.3. The number of amides is 1. The predicted molar refractivity (Wildman–Crippen MR) is 94.0 cm³/mol. The van der Waals surface area contributed by atoms with E-state index in [1.165, 1.54) is 4.88 Å². The van der Waals surface area contributed by atoms with Crippen LogP contribution in [0, 0.1) is 13.8 Å². The van der Waals surface area contributed by atoms with Gasteiger partial charge in [-0.1, -0.05) is 0 Å². The van der Waals surface area contributed by atoms with E-state index in [2.05, 4.69) is 15.3 Å². The van der Waals surface area contributed by atoms with Crippen LogP contribution in [0.15, 0.2) is 23.8 Å². The largest absolute Gasteiger partial charge is 0.490 e. The number of hydrogen-bond donors (Lipinski definition) is 1. The maximum Gasteiger partial charge on any atom is 0.270 e. The van der Waals surface area contributed by atoms with Gasteiger partial charge in [0.2, 0.25) is 0 Å². The van der Waals surface area contributed by atoms with E-state index in [0.29, 0.717) is 35.9 Å². The summed E-state index contributed by atoms with van der Waals surface area (Å²) in [6, 6.07) is 3.72. The lowest BCUT2D eigenvalue weighted by molar-refractivity contribution is 0.0947. The topological polar surface area (TPSA) is 68.5 Å². The molecule has 0 atom stereocenters. The number of carbonyl (C=O) groups is 1. The fourth-order valence-electron chi connectivity index (χ4n) is 2.64. The minimum absolute atomic E-state index is 0.129. The minimum atomic E-state index is -0.129. The molecular weight excluding hydrogens is 324 g/mol. The highest BCUT2D eigenvalue weighted by atomic mass is 32.1. The van der Waals surface area contributed by atoms with Crippen molar-refractivity contribution in [2.45, 2.75) is 27.2 Å². The molecule has 0 spiro atoms. The molecular formula is C17H20N4O2S. The lowest BCUT2D eigenvalue weighted by Crippen LogP contribution is -2.27. The van der Waals surface area contributed by atoms with Crippen molar-refractivity contribution in [2.24, 2.45) is 0 Å². The molecule has 3 heterocycles. The first-order valence-electron chi connectivity index (χ1n) is 7.89. The van der Waals surface area contributed by atoms with Gasteiger partial charge in [0.25, 0.3) is 5.91 Å². The smallest absolute Gasteiger partial charge is 0.270 e. The van der Waals surface area contributed by atoms with Crippen LogP contribution in [0.25, 0.3) is 5.65 Å². The van der Waals surface area contributed by atoms with Gasteiger partial charge in [-0.15, -0.1) is 11.3 Å². The second kappa shape index (κ2) is 7.00. The standard InChI is InChI=1S/C17H20N4O2S/c1-4-23-13-6-5-9-21-15(12(3)20-16(13)21)17(22)18-8-7-14-11(2)19-10-24-14/h5-6,9-10H,4,7-8H2,1-3H3,(H,18,22). The van der Waals surface area contributed by atoms with Crippen molar-refractivity contribution in [3.63, 3.8) is 0 Å². The number of imidazole rings is 1. The Morgan fingerprint density at radius 3 is 2.92 bits per heavy atom. The third-order valence-corrected chi connectivity index (χ3v) is 4.78. The summed E-state index contributed by atoms with van der Waals surface area (Å²) in [7, 11) is 0. The van der Waals surface area contributed by atoms with Crippen LogP contribution in [0.4, 0.5) is 0 Å². The van der Waals surface area contributed by atoms with Crippen LogP contribution in [-0.4, -0.2) is 33.4 Å². The molecule has 126 valence electrons. The van der Waals surface area contributed by atoms with Gasteiger partial charge in [0.15, 0.2) is 11.4 Å². The van der Waals surface area contributed by atoms with Gasteiger partial charge in [-0.25, -0.2) is 9.97 Å². The molecule has 0 fully saturated rings. The van der Waals surface area contributed by atoms with E-state index in [9.17, 15) is 4.79 Å². The number of nitrogens with one attached hydrogen (secondary N) is 1. The van der Waals surface area contributed by atoms with Gasteiger partial charge < -0.3 is 10.1 Å². The Bertz CT molecular complexity index is 869. The van der Waals surface area contributed by atoms with Crippen LogP contribution in [0.2, 0.25) is 0 Å². The second-order valence-electron chi connectivity index (χ2n) is 5.41. The van der Waals surface area contributed by atoms with Gasteiger partial charge in [0.1, 0.15) is 5.69 Å². The number of aromatic nitrogens is 3. The average molecular weight is 344 g/mol. The van der Waals surface area contributed by atoms with Crippen molar-refractivity contribution in [3.8, 4) is 5.75 Å². The van der Waals surface area contributed by atoms with Crippen LogP contribution in [0.1, 0.15) is 33.7 Å². The van der Waals surface area contributed by atoms with Gasteiger partial charge >= 0.3 is 0 Å². The lowest BCUT2D eigenvalue weighted by Gasteiger charge is -2.07. The van der Waals surface area contributed by atoms with E-state index < -0.39 is 0 Å². The minimum Gasteiger partial charge on any atom is -0.490 e. The Morgan fingerprint density at radius 2 is 2.21 bits per heavy atom. The number of carbonyl (C=O) groups excluding carboxylic acids is 1. The number of ether oxygens (including phenoxy) is 1. The molecule has 3 rings (SSSR count). The Balaban J connectivity index is 1.78. The monoisotopic (exact) mass is 344 g/mol. The summed E-state index contributed by atoms with van der Waals surface area (Å²) in [5, 5.41) is 2.97. The molecule has 1 N–H and O–H groups in total. The average Bonchev–Trinajstić information content (AvgIpc) is 3.11. The molecule has 0 aliphatic rings. The number of pyridine rings is 1. The maximum atomic E-state index is 12.6. The summed E-state index contributed by atoms with van der Waals surface area (Å²) >= 11 is 1.62. The Kier molecular flexibility index (Phi) is 4.80. The van der Waals surface area contributed by atoms with Crippen LogP contribution in [0.5, 0.6) is 5.75 Å². The number of nitrogens with zero attached hydrogens (tertiary/aromatic N) is 3. The van der Waals surface area contributed by atoms with E-state index in [1.54, 1.807) is 15.7 Å². The van der Waals surface area contributed by atoms with Gasteiger partial charge in [0.05, 0.1) is 23.5 Å². The summed E-state index contributed by atoms with van der Waals surface area (Å²) in [5.41, 5.74) is 4.76. The number of aryl methyl sites for hydroxylation is 2. The summed E-state index contributed by atoms with van der Waals surface area (Å²) in [5.74, 6) is 0.554. The third kappa shape index (κ3) is 3.12. The molecule has 7 heteroatoms. The molecule has 0 aliphatic heterocycles. The third-order valence-electron chi connectivity index (χ3n) is 3.79. The highest BCUT2D eigenvalue weighted by Gasteiger charge is 2.18. The predicted octanol–water partition coefficient (Wildman–Crippen LogP) is 2.78. The van der Waals surface area contributed by atoms with Crippen molar-refractivity contribution in [1.29, 1.82) is 0 Å². The van der Waals surface area contributed by atoms with Crippen LogP contribution in [-0.2, 0) is 6.42 Å². The second-order valence-corrected chi connectivity index (χ2v) is 6.35. The fraction of sp³-hybridized carbons (Fsp3) is 0.353. The van der Waals surface area contributed by atoms with Crippen molar-refractivity contribution >= 4 is 22.9 Å². The van der Waals surface area contributed by atoms with E-state index in [-0.39, 0.29) is 5.91 Å². The molecule has 6 nitrogen and oxygen atoms in total. The van der Waals surface area contributed by atoms with Crippen LogP contribution < -0.4 is 10.1 Å². The molecule has 0 aliphatic carbocycles. The molecule has 3 aromatic rings. The van der Waals surface area contributed by atoms with Crippen molar-refractivity contribution < 1.29 is 9.53 Å². The number of hydrogen-bond acceptors (Lipinski definition) is 5. The quantitative estimate of drug-likeness (QED) is 0.746. The molecule has 0 unspecified atom stereocenters. The van der Waals surface area contributed by atoms with Crippen molar-refractivity contribution in [2.75, 3.05) is 13.2 Å². The normalized spacial score (nSPS) is 11.0. The van der Waals surface area contributed by atoms with Crippen molar-refractivity contribution in [1.82, 2.24) is 19.7 Å². The number of rotatable bonds is 6. The first kappa shape index (κ1) is 16.4. The zero-order valence-corrected chi connectivity index (χ0v) is 14.8. The Hall–Kier alpha value is -2.41. The Labute approximate surface area is 144 Å². The van der Waals surface area contributed by atoms with Gasteiger partial charge in [0, 0.05) is 24.0 Å². The summed E-state index contributed by atoms with van der Waals surface area (Å²) in [6.07, 6.45) is 2.61. The zero-order chi connectivity index (χ0) is 17.1. The zero-order valence-electron chi connectivity index (χ0n) is 14.0. The molecule has 0 saturated carbocycles. The van der Waals surface area contributed by atoms with E-state index in [4.69, 9.17) is 4.74 Å². The van der Waals surface area contributed by atoms with Gasteiger partial charge in [-0.3, -0.25) is 9.20 Å². The molecule has 3 aromatic heterocycles. The van der Waals surface area contributed by atoms with E-state index >= 15 is 0 Å². The van der Waals surface area contributed by atoms with E-state index in [1.807, 2.05) is 44.6 Å². The van der Waals surface area contributed by atoms with Crippen LogP contribution >= 0.6 is 11.3 Å². The van der Waals surface area contributed by atoms with E-state index in [0.717, 1.165) is 12.1 Å². The molecule has 0 saturated heterocycles. The summed E-state index contributed by atoms with van der Waals surface area (Å²) < 4.78 is 7.38. The van der Waals surface area contributed by atoms with Gasteiger partial charge in [-0.05, 0) is 32.9 Å². The Morgan fingerprint density at radius 1 is 1.38 bits per heavy atom. The molecule has 24 heavy (non-hydrogen) atoms. The van der Waals surface area contributed by atoms with Crippen molar-refractivity contribution in [3.05, 3.63) is 45.8 Å². The molecule has 1 amide bonds. The number of fused-ring (bicyclic) bond motifs is 1. The summed E-state index contributed by atoms with van der Waals surface area (Å²) in [6.45, 7) is 6.87. The van der Waals surface area contributed by atoms with Crippen LogP contribution in [0.3, 0.4) is 0 Å². The highest BCUT2D eigenvalue weighted by Crippen LogP contribution is 2.22. The summed E-state index contributed by atoms with van der Waals surface area (Å²) in [4.78, 5) is 22.5. The first-order valence-corrected chi connectivity index (χ1v) is 8.77. The first-order chi connectivity index (χ1) is 11.6.